The highest BCUT2D eigenvalue weighted by Gasteiger charge is 2.37. The first-order chi connectivity index (χ1) is 16.9. The number of unbranched alkanes of at least 4 members (excludes halogenated alkanes) is 2. The second-order valence-electron chi connectivity index (χ2n) is 9.95. The molecule has 9 heteroatoms. The molecule has 0 saturated heterocycles. The maximum atomic E-state index is 13.1. The number of nitrogens with zero attached hydrogens (tertiary/aromatic N) is 2. The highest BCUT2D eigenvalue weighted by atomic mass is 16.4. The van der Waals surface area contributed by atoms with Crippen LogP contribution in [0.4, 0.5) is 4.79 Å². The normalized spacial score (nSPS) is 12.2. The summed E-state index contributed by atoms with van der Waals surface area (Å²) < 4.78 is 1.39. The minimum absolute atomic E-state index is 0.0421. The van der Waals surface area contributed by atoms with E-state index >= 15 is 0 Å². The molecule has 1 aromatic carbocycles. The number of pyridine rings is 1. The first kappa shape index (κ1) is 28.7. The quantitative estimate of drug-likeness (QED) is 0.337. The molecule has 196 valence electrons. The Labute approximate surface area is 211 Å². The van der Waals surface area contributed by atoms with Crippen LogP contribution >= 0.6 is 0 Å². The summed E-state index contributed by atoms with van der Waals surface area (Å²) in [7, 11) is 1.58. The number of rotatable bonds is 12. The van der Waals surface area contributed by atoms with Gasteiger partial charge in [0.15, 0.2) is 5.78 Å². The van der Waals surface area contributed by atoms with E-state index in [1.54, 1.807) is 52.1 Å². The summed E-state index contributed by atoms with van der Waals surface area (Å²) >= 11 is 0. The molecule has 2 aromatic rings. The molecule has 0 aliphatic carbocycles. The van der Waals surface area contributed by atoms with Gasteiger partial charge in [0.25, 0.3) is 5.56 Å². The smallest absolute Gasteiger partial charge is 0.408 e. The van der Waals surface area contributed by atoms with Gasteiger partial charge in [-0.25, -0.2) is 4.79 Å². The zero-order valence-electron chi connectivity index (χ0n) is 21.8. The first-order valence-corrected chi connectivity index (χ1v) is 12.3. The van der Waals surface area contributed by atoms with Crippen molar-refractivity contribution in [3.63, 3.8) is 0 Å². The molecule has 0 fully saturated rings. The minimum Gasteiger partial charge on any atom is -0.465 e. The third kappa shape index (κ3) is 7.26. The molecular formula is C27H37N3O6. The van der Waals surface area contributed by atoms with E-state index in [1.807, 2.05) is 6.92 Å². The van der Waals surface area contributed by atoms with Crippen LogP contribution in [-0.4, -0.2) is 56.3 Å². The van der Waals surface area contributed by atoms with Crippen LogP contribution in [0.15, 0.2) is 35.1 Å². The Hall–Kier alpha value is -3.49. The highest BCUT2D eigenvalue weighted by molar-refractivity contribution is 6.02. The van der Waals surface area contributed by atoms with Gasteiger partial charge in [-0.2, -0.15) is 0 Å². The van der Waals surface area contributed by atoms with Crippen LogP contribution in [0.5, 0.6) is 0 Å². The number of ketones is 2. The van der Waals surface area contributed by atoms with E-state index in [0.29, 0.717) is 37.6 Å². The lowest BCUT2D eigenvalue weighted by Crippen LogP contribution is -2.57. The monoisotopic (exact) mass is 499 g/mol. The molecule has 0 saturated carbocycles. The van der Waals surface area contributed by atoms with Crippen LogP contribution in [0.3, 0.4) is 0 Å². The van der Waals surface area contributed by atoms with Crippen LogP contribution in [0, 0.1) is 0 Å². The molecule has 0 unspecified atom stereocenters. The van der Waals surface area contributed by atoms with E-state index in [9.17, 15) is 29.1 Å². The van der Waals surface area contributed by atoms with Gasteiger partial charge in [0.05, 0.1) is 17.6 Å². The van der Waals surface area contributed by atoms with Crippen LogP contribution in [0.25, 0.3) is 10.9 Å². The SMILES string of the molecule is CCC(=O)CCCCC[C@@H](C(=O)NCC(=O)c1cc2ccccc2n(C)c1=O)N(C(=O)O)C(C)(C)C. The molecule has 1 atom stereocenters. The Bertz CT molecular complexity index is 1180. The molecule has 1 heterocycles. The highest BCUT2D eigenvalue weighted by Crippen LogP contribution is 2.22. The predicted octanol–water partition coefficient (Wildman–Crippen LogP) is 3.91. The molecular weight excluding hydrogens is 462 g/mol. The van der Waals surface area contributed by atoms with Gasteiger partial charge in [-0.15, -0.1) is 0 Å². The van der Waals surface area contributed by atoms with Gasteiger partial charge in [-0.3, -0.25) is 24.1 Å². The summed E-state index contributed by atoms with van der Waals surface area (Å²) in [4.78, 5) is 63.4. The van der Waals surface area contributed by atoms with E-state index < -0.39 is 41.5 Å². The lowest BCUT2D eigenvalue weighted by atomic mass is 9.98. The molecule has 0 aliphatic rings. The topological polar surface area (TPSA) is 126 Å². The number of aromatic nitrogens is 1. The van der Waals surface area contributed by atoms with Gasteiger partial charge in [-0.05, 0) is 51.1 Å². The predicted molar refractivity (Wildman–Crippen MR) is 138 cm³/mol. The summed E-state index contributed by atoms with van der Waals surface area (Å²) in [5.74, 6) is -0.975. The van der Waals surface area contributed by atoms with Crippen LogP contribution in [-0.2, 0) is 16.6 Å². The van der Waals surface area contributed by atoms with Gasteiger partial charge in [0, 0.05) is 25.4 Å². The molecule has 0 bridgehead atoms. The standard InChI is InChI=1S/C27H37N3O6/c1-6-19(31)13-8-7-9-15-22(30(26(35)36)27(2,3)4)24(33)28-17-23(32)20-16-18-12-10-11-14-21(18)29(5)25(20)34/h10-12,14,16,22H,6-9,13,15,17H2,1-5H3,(H,28,33)(H,35,36)/t22-/m0/s1. The van der Waals surface area contributed by atoms with Crippen LogP contribution in [0.1, 0.15) is 76.6 Å². The van der Waals surface area contributed by atoms with E-state index in [1.165, 1.54) is 10.6 Å². The number of nitrogens with one attached hydrogen (secondary N) is 1. The molecule has 9 nitrogen and oxygen atoms in total. The van der Waals surface area contributed by atoms with Crippen molar-refractivity contribution in [3.05, 3.63) is 46.2 Å². The van der Waals surface area contributed by atoms with Crippen molar-refractivity contribution in [2.75, 3.05) is 6.54 Å². The molecule has 2 amide bonds. The van der Waals surface area contributed by atoms with Crippen molar-refractivity contribution in [1.29, 1.82) is 0 Å². The molecule has 0 radical (unpaired) electrons. The fourth-order valence-electron chi connectivity index (χ4n) is 4.28. The van der Waals surface area contributed by atoms with Crippen molar-refractivity contribution in [1.82, 2.24) is 14.8 Å². The average molecular weight is 500 g/mol. The number of carbonyl (C=O) groups excluding carboxylic acids is 3. The van der Waals surface area contributed by atoms with Crippen molar-refractivity contribution < 1.29 is 24.3 Å². The van der Waals surface area contributed by atoms with Crippen LogP contribution in [0.2, 0.25) is 0 Å². The number of hydrogen-bond donors (Lipinski definition) is 2. The van der Waals surface area contributed by atoms with Gasteiger partial charge < -0.3 is 15.0 Å². The van der Waals surface area contributed by atoms with Crippen molar-refractivity contribution >= 4 is 34.5 Å². The zero-order chi connectivity index (χ0) is 27.0. The van der Waals surface area contributed by atoms with E-state index in [2.05, 4.69) is 5.32 Å². The first-order valence-electron chi connectivity index (χ1n) is 12.3. The Morgan fingerprint density at radius 2 is 1.75 bits per heavy atom. The summed E-state index contributed by atoms with van der Waals surface area (Å²) in [5, 5.41) is 13.1. The average Bonchev–Trinajstić information content (AvgIpc) is 2.82. The third-order valence-corrected chi connectivity index (χ3v) is 6.23. The maximum absolute atomic E-state index is 13.1. The second-order valence-corrected chi connectivity index (χ2v) is 9.95. The zero-order valence-corrected chi connectivity index (χ0v) is 21.8. The number of carbonyl (C=O) groups is 4. The summed E-state index contributed by atoms with van der Waals surface area (Å²) in [5.41, 5.74) is -0.678. The maximum Gasteiger partial charge on any atom is 0.408 e. The third-order valence-electron chi connectivity index (χ3n) is 6.23. The fourth-order valence-corrected chi connectivity index (χ4v) is 4.28. The molecule has 0 spiro atoms. The fraction of sp³-hybridized carbons (Fsp3) is 0.519. The molecule has 36 heavy (non-hydrogen) atoms. The largest absolute Gasteiger partial charge is 0.465 e. The number of para-hydroxylation sites is 1. The van der Waals surface area contributed by atoms with Crippen molar-refractivity contribution in [2.24, 2.45) is 7.05 Å². The molecule has 1 aromatic heterocycles. The Balaban J connectivity index is 2.17. The lowest BCUT2D eigenvalue weighted by molar-refractivity contribution is -0.127. The number of Topliss-reactive ketones (excluding diaryl/α,β-unsaturated/α-hetero) is 2. The second kappa shape index (κ2) is 12.5. The van der Waals surface area contributed by atoms with E-state index in [4.69, 9.17) is 0 Å². The number of amides is 2. The lowest BCUT2D eigenvalue weighted by Gasteiger charge is -2.38. The number of carboxylic acid groups (broad SMARTS) is 1. The summed E-state index contributed by atoms with van der Waals surface area (Å²) in [6, 6.07) is 7.68. The summed E-state index contributed by atoms with van der Waals surface area (Å²) in [6.45, 7) is 6.49. The molecule has 2 N–H and O–H groups in total. The van der Waals surface area contributed by atoms with E-state index in [-0.39, 0.29) is 17.8 Å². The van der Waals surface area contributed by atoms with E-state index in [0.717, 1.165) is 10.3 Å². The molecule has 0 aliphatic heterocycles. The number of aryl methyl sites for hydroxylation is 1. The van der Waals surface area contributed by atoms with Gasteiger partial charge in [-0.1, -0.05) is 38.0 Å². The Morgan fingerprint density at radius 1 is 1.08 bits per heavy atom. The molecule has 2 rings (SSSR count). The van der Waals surface area contributed by atoms with Gasteiger partial charge >= 0.3 is 6.09 Å². The van der Waals surface area contributed by atoms with Crippen molar-refractivity contribution in [2.45, 2.75) is 77.8 Å². The van der Waals surface area contributed by atoms with Crippen molar-refractivity contribution in [3.8, 4) is 0 Å². The number of hydrogen-bond acceptors (Lipinski definition) is 5. The Morgan fingerprint density at radius 3 is 2.36 bits per heavy atom. The number of benzene rings is 1. The summed E-state index contributed by atoms with van der Waals surface area (Å²) in [6.07, 6.45) is 1.86. The Kier molecular flexibility index (Phi) is 9.95. The van der Waals surface area contributed by atoms with Gasteiger partial charge in [0.1, 0.15) is 11.8 Å². The minimum atomic E-state index is -1.24. The van der Waals surface area contributed by atoms with Crippen LogP contribution < -0.4 is 10.9 Å². The van der Waals surface area contributed by atoms with Gasteiger partial charge in [0.2, 0.25) is 5.91 Å². The number of fused-ring (bicyclic) bond motifs is 1.